The summed E-state index contributed by atoms with van der Waals surface area (Å²) in [7, 11) is 0. The lowest BCUT2D eigenvalue weighted by Crippen LogP contribution is -2.50. The summed E-state index contributed by atoms with van der Waals surface area (Å²) in [4.78, 5) is 13.6. The fourth-order valence-corrected chi connectivity index (χ4v) is 2.45. The number of carboxylic acids is 1. The molecule has 3 nitrogen and oxygen atoms in total. The normalized spacial score (nSPS) is 18.6. The van der Waals surface area contributed by atoms with Crippen molar-refractivity contribution in [2.75, 3.05) is 19.6 Å². The highest BCUT2D eigenvalue weighted by Gasteiger charge is 2.32. The second-order valence-electron chi connectivity index (χ2n) is 5.52. The van der Waals surface area contributed by atoms with Gasteiger partial charge in [0.1, 0.15) is 0 Å². The summed E-state index contributed by atoms with van der Waals surface area (Å²) in [6, 6.07) is 9.52. The third kappa shape index (κ3) is 2.91. The molecule has 1 saturated heterocycles. The molecule has 0 aromatic heterocycles. The highest BCUT2D eigenvalue weighted by atomic mass is 16.4. The van der Waals surface area contributed by atoms with Crippen LogP contribution in [0.3, 0.4) is 0 Å². The Kier molecular flexibility index (Phi) is 4.02. The first-order valence-corrected chi connectivity index (χ1v) is 6.58. The SMILES string of the molecule is CC(C)C1CN(CC(C(=O)O)c2ccccc2)C1. The largest absolute Gasteiger partial charge is 0.481 e. The van der Waals surface area contributed by atoms with E-state index in [-0.39, 0.29) is 0 Å². The van der Waals surface area contributed by atoms with Crippen molar-refractivity contribution in [3.05, 3.63) is 35.9 Å². The number of aliphatic carboxylic acids is 1. The summed E-state index contributed by atoms with van der Waals surface area (Å²) in [6.45, 7) is 7.16. The molecule has 0 saturated carbocycles. The average molecular weight is 247 g/mol. The minimum absolute atomic E-state index is 0.403. The zero-order chi connectivity index (χ0) is 13.1. The highest BCUT2D eigenvalue weighted by molar-refractivity contribution is 5.76. The Hall–Kier alpha value is -1.35. The molecule has 1 unspecified atom stereocenters. The fourth-order valence-electron chi connectivity index (χ4n) is 2.45. The molecule has 0 bridgehead atoms. The van der Waals surface area contributed by atoms with Gasteiger partial charge in [-0.1, -0.05) is 44.2 Å². The molecule has 98 valence electrons. The van der Waals surface area contributed by atoms with E-state index in [1.54, 1.807) is 0 Å². The topological polar surface area (TPSA) is 40.5 Å². The number of likely N-dealkylation sites (tertiary alicyclic amines) is 1. The van der Waals surface area contributed by atoms with Gasteiger partial charge in [0.05, 0.1) is 5.92 Å². The van der Waals surface area contributed by atoms with Crippen molar-refractivity contribution in [3.8, 4) is 0 Å². The molecule has 2 rings (SSSR count). The lowest BCUT2D eigenvalue weighted by molar-refractivity contribution is -0.139. The van der Waals surface area contributed by atoms with Gasteiger partial charge >= 0.3 is 5.97 Å². The molecular formula is C15H21NO2. The third-order valence-corrected chi connectivity index (χ3v) is 3.87. The number of hydrogen-bond donors (Lipinski definition) is 1. The van der Waals surface area contributed by atoms with Crippen molar-refractivity contribution < 1.29 is 9.90 Å². The summed E-state index contributed by atoms with van der Waals surface area (Å²) >= 11 is 0. The maximum atomic E-state index is 11.4. The molecule has 1 aliphatic rings. The summed E-state index contributed by atoms with van der Waals surface area (Å²) in [5, 5.41) is 9.34. The monoisotopic (exact) mass is 247 g/mol. The van der Waals surface area contributed by atoms with Crippen molar-refractivity contribution in [2.24, 2.45) is 11.8 Å². The van der Waals surface area contributed by atoms with Crippen LogP contribution in [0.5, 0.6) is 0 Å². The van der Waals surface area contributed by atoms with Crippen molar-refractivity contribution in [2.45, 2.75) is 19.8 Å². The van der Waals surface area contributed by atoms with Crippen LogP contribution in [-0.2, 0) is 4.79 Å². The number of nitrogens with zero attached hydrogens (tertiary/aromatic N) is 1. The van der Waals surface area contributed by atoms with Gasteiger partial charge in [-0.2, -0.15) is 0 Å². The van der Waals surface area contributed by atoms with Crippen LogP contribution in [0, 0.1) is 11.8 Å². The van der Waals surface area contributed by atoms with E-state index < -0.39 is 11.9 Å². The molecule has 3 heteroatoms. The van der Waals surface area contributed by atoms with Gasteiger partial charge < -0.3 is 10.0 Å². The molecule has 0 aliphatic carbocycles. The van der Waals surface area contributed by atoms with E-state index in [9.17, 15) is 9.90 Å². The molecule has 1 N–H and O–H groups in total. The minimum atomic E-state index is -0.728. The van der Waals surface area contributed by atoms with Gasteiger partial charge in [0.2, 0.25) is 0 Å². The van der Waals surface area contributed by atoms with Crippen molar-refractivity contribution in [1.82, 2.24) is 4.90 Å². The molecule has 1 aliphatic heterocycles. The molecule has 1 atom stereocenters. The Labute approximate surface area is 108 Å². The Bertz CT molecular complexity index is 396. The smallest absolute Gasteiger partial charge is 0.312 e. The van der Waals surface area contributed by atoms with Gasteiger partial charge in [-0.3, -0.25) is 4.79 Å². The zero-order valence-electron chi connectivity index (χ0n) is 11.0. The Morgan fingerprint density at radius 2 is 1.94 bits per heavy atom. The maximum absolute atomic E-state index is 11.4. The van der Waals surface area contributed by atoms with E-state index in [0.717, 1.165) is 24.6 Å². The summed E-state index contributed by atoms with van der Waals surface area (Å²) in [5.74, 6) is 0.296. The van der Waals surface area contributed by atoms with Crippen LogP contribution >= 0.6 is 0 Å². The predicted molar refractivity (Wildman–Crippen MR) is 71.6 cm³/mol. The van der Waals surface area contributed by atoms with Crippen molar-refractivity contribution >= 4 is 5.97 Å². The van der Waals surface area contributed by atoms with Crippen molar-refractivity contribution in [1.29, 1.82) is 0 Å². The summed E-state index contributed by atoms with van der Waals surface area (Å²) in [6.07, 6.45) is 0. The van der Waals surface area contributed by atoms with Gasteiger partial charge in [-0.05, 0) is 17.4 Å². The van der Waals surface area contributed by atoms with E-state index in [4.69, 9.17) is 0 Å². The van der Waals surface area contributed by atoms with E-state index in [0.29, 0.717) is 12.5 Å². The minimum Gasteiger partial charge on any atom is -0.481 e. The van der Waals surface area contributed by atoms with E-state index in [1.165, 1.54) is 0 Å². The third-order valence-electron chi connectivity index (χ3n) is 3.87. The summed E-state index contributed by atoms with van der Waals surface area (Å²) in [5.41, 5.74) is 0.901. The number of carbonyl (C=O) groups is 1. The van der Waals surface area contributed by atoms with Crippen LogP contribution < -0.4 is 0 Å². The number of carboxylic acid groups (broad SMARTS) is 1. The molecule has 0 spiro atoms. The van der Waals surface area contributed by atoms with Crippen LogP contribution in [0.25, 0.3) is 0 Å². The Morgan fingerprint density at radius 1 is 1.33 bits per heavy atom. The van der Waals surface area contributed by atoms with E-state index >= 15 is 0 Å². The quantitative estimate of drug-likeness (QED) is 0.868. The van der Waals surface area contributed by atoms with Crippen LogP contribution in [0.1, 0.15) is 25.3 Å². The molecular weight excluding hydrogens is 226 g/mol. The number of rotatable bonds is 5. The lowest BCUT2D eigenvalue weighted by atomic mass is 9.87. The molecule has 1 heterocycles. The maximum Gasteiger partial charge on any atom is 0.312 e. The molecule has 1 aromatic rings. The van der Waals surface area contributed by atoms with E-state index in [2.05, 4.69) is 18.7 Å². The number of benzene rings is 1. The van der Waals surface area contributed by atoms with E-state index in [1.807, 2.05) is 30.3 Å². The van der Waals surface area contributed by atoms with Crippen molar-refractivity contribution in [3.63, 3.8) is 0 Å². The van der Waals surface area contributed by atoms with Gasteiger partial charge in [0.15, 0.2) is 0 Å². The lowest BCUT2D eigenvalue weighted by Gasteiger charge is -2.42. The second-order valence-corrected chi connectivity index (χ2v) is 5.52. The predicted octanol–water partition coefficient (Wildman–Crippen LogP) is 2.44. The number of hydrogen-bond acceptors (Lipinski definition) is 2. The molecule has 0 radical (unpaired) electrons. The van der Waals surface area contributed by atoms with Crippen LogP contribution in [-0.4, -0.2) is 35.6 Å². The molecule has 18 heavy (non-hydrogen) atoms. The van der Waals surface area contributed by atoms with Crippen LogP contribution in [0.15, 0.2) is 30.3 Å². The highest BCUT2D eigenvalue weighted by Crippen LogP contribution is 2.26. The summed E-state index contributed by atoms with van der Waals surface area (Å²) < 4.78 is 0. The first-order valence-electron chi connectivity index (χ1n) is 6.58. The zero-order valence-corrected chi connectivity index (χ0v) is 11.0. The first-order chi connectivity index (χ1) is 8.58. The molecule has 0 amide bonds. The van der Waals surface area contributed by atoms with Gasteiger partial charge in [0.25, 0.3) is 0 Å². The standard InChI is InChI=1S/C15H21NO2/c1-11(2)13-8-16(9-13)10-14(15(17)18)12-6-4-3-5-7-12/h3-7,11,13-14H,8-10H2,1-2H3,(H,17,18). The Morgan fingerprint density at radius 3 is 2.44 bits per heavy atom. The second kappa shape index (κ2) is 5.53. The van der Waals surface area contributed by atoms with Crippen LogP contribution in [0.2, 0.25) is 0 Å². The van der Waals surface area contributed by atoms with Gasteiger partial charge in [0, 0.05) is 19.6 Å². The van der Waals surface area contributed by atoms with Gasteiger partial charge in [-0.15, -0.1) is 0 Å². The van der Waals surface area contributed by atoms with Crippen LogP contribution in [0.4, 0.5) is 0 Å². The Balaban J connectivity index is 1.95. The average Bonchev–Trinajstić information content (AvgIpc) is 2.27. The molecule has 1 aromatic carbocycles. The fraction of sp³-hybridized carbons (Fsp3) is 0.533. The first kappa shape index (κ1) is 13.1. The molecule has 1 fully saturated rings. The van der Waals surface area contributed by atoms with Gasteiger partial charge in [-0.25, -0.2) is 0 Å².